The van der Waals surface area contributed by atoms with E-state index in [9.17, 15) is 4.79 Å². The van der Waals surface area contributed by atoms with Crippen LogP contribution in [-0.2, 0) is 10.9 Å². The summed E-state index contributed by atoms with van der Waals surface area (Å²) in [6.45, 7) is 0. The number of benzene rings is 3. The van der Waals surface area contributed by atoms with Gasteiger partial charge in [-0.25, -0.2) is 0 Å². The van der Waals surface area contributed by atoms with Gasteiger partial charge in [0.2, 0.25) is 5.78 Å². The molecule has 3 aromatic carbocycles. The average molecular weight is 281 g/mol. The minimum Gasteiger partial charge on any atom is -0.289 e. The van der Waals surface area contributed by atoms with Gasteiger partial charge in [-0.15, -0.1) is 0 Å². The molecule has 0 bridgehead atoms. The van der Waals surface area contributed by atoms with Gasteiger partial charge in [0.25, 0.3) is 0 Å². The van der Waals surface area contributed by atoms with Crippen molar-refractivity contribution in [3.8, 4) is 0 Å². The van der Waals surface area contributed by atoms with Crippen LogP contribution < -0.4 is 0 Å². The molecule has 0 aliphatic carbocycles. The second kappa shape index (κ2) is 5.29. The number of fused-ring (bicyclic) bond motifs is 2. The van der Waals surface area contributed by atoms with E-state index in [1.54, 1.807) is 0 Å². The fourth-order valence-electron chi connectivity index (χ4n) is 2.65. The molecule has 0 unspecified atom stereocenters. The quantitative estimate of drug-likeness (QED) is 0.402. The van der Waals surface area contributed by atoms with Crippen molar-refractivity contribution in [2.75, 3.05) is 18.3 Å². The lowest BCUT2D eigenvalue weighted by molar-refractivity contribution is 0.102. The molecule has 0 aromatic heterocycles. The summed E-state index contributed by atoms with van der Waals surface area (Å²) in [6.07, 6.45) is 4.23. The Kier molecular flexibility index (Phi) is 3.49. The Hall–Kier alpha value is -1.80. The van der Waals surface area contributed by atoms with E-state index in [1.165, 1.54) is 0 Å². The lowest BCUT2D eigenvalue weighted by Gasteiger charge is -2.09. The smallest absolute Gasteiger partial charge is 0.213 e. The Balaban J connectivity index is 2.36. The number of carbonyl (C=O) groups is 1. The second-order valence-corrected chi connectivity index (χ2v) is 7.51. The Morgan fingerprint density at radius 3 is 1.90 bits per heavy atom. The Bertz CT molecular complexity index is 736. The zero-order valence-corrected chi connectivity index (χ0v) is 12.5. The molecule has 0 saturated heterocycles. The monoisotopic (exact) mass is 281 g/mol. The number of ketones is 1. The average Bonchev–Trinajstić information content (AvgIpc) is 2.43. The number of carbonyl (C=O) groups excluding carboxylic acids is 1. The Labute approximate surface area is 122 Å². The third-order valence-corrected chi connectivity index (χ3v) is 4.31. The highest BCUT2D eigenvalue weighted by Gasteiger charge is 2.19. The third-order valence-electron chi connectivity index (χ3n) is 3.47. The van der Waals surface area contributed by atoms with Crippen LogP contribution >= 0.6 is 0 Å². The van der Waals surface area contributed by atoms with E-state index >= 15 is 0 Å². The number of rotatable bonds is 3. The van der Waals surface area contributed by atoms with Crippen molar-refractivity contribution in [1.29, 1.82) is 0 Å². The van der Waals surface area contributed by atoms with Gasteiger partial charge in [-0.2, -0.15) is 0 Å². The van der Waals surface area contributed by atoms with E-state index in [0.29, 0.717) is 5.75 Å². The zero-order chi connectivity index (χ0) is 14.1. The topological polar surface area (TPSA) is 17.1 Å². The first-order valence-electron chi connectivity index (χ1n) is 6.64. The van der Waals surface area contributed by atoms with Gasteiger partial charge in [0.15, 0.2) is 5.75 Å². The van der Waals surface area contributed by atoms with Crippen LogP contribution in [-0.4, -0.2) is 24.0 Å². The van der Waals surface area contributed by atoms with Crippen LogP contribution in [0.2, 0.25) is 0 Å². The molecule has 0 aliphatic rings. The first-order valence-corrected chi connectivity index (χ1v) is 8.86. The standard InChI is InChI=1S/C18H17OS/c1-20(2)12-17(19)18-15-9-5-3-7-13(15)11-14-8-4-6-10-16(14)18/h3-11H,12H2,1-2H3/q+1. The lowest BCUT2D eigenvalue weighted by Crippen LogP contribution is -2.14. The summed E-state index contributed by atoms with van der Waals surface area (Å²) in [4.78, 5) is 12.7. The first kappa shape index (κ1) is 13.2. The van der Waals surface area contributed by atoms with E-state index in [4.69, 9.17) is 0 Å². The van der Waals surface area contributed by atoms with Crippen molar-refractivity contribution >= 4 is 38.2 Å². The molecule has 0 spiro atoms. The highest BCUT2D eigenvalue weighted by molar-refractivity contribution is 7.96. The van der Waals surface area contributed by atoms with Crippen LogP contribution in [0.1, 0.15) is 10.4 Å². The molecule has 3 aromatic rings. The highest BCUT2D eigenvalue weighted by atomic mass is 32.2. The summed E-state index contributed by atoms with van der Waals surface area (Å²) in [7, 11) is 0.118. The van der Waals surface area contributed by atoms with Crippen molar-refractivity contribution in [1.82, 2.24) is 0 Å². The molecule has 0 fully saturated rings. The summed E-state index contributed by atoms with van der Waals surface area (Å²) in [5, 5.41) is 4.42. The van der Waals surface area contributed by atoms with Gasteiger partial charge in [-0.1, -0.05) is 48.5 Å². The van der Waals surface area contributed by atoms with E-state index < -0.39 is 0 Å². The SMILES string of the molecule is C[S+](C)CC(=O)c1c2ccccc2cc2ccccc12. The molecule has 3 rings (SSSR count). The van der Waals surface area contributed by atoms with Crippen molar-refractivity contribution in [2.24, 2.45) is 0 Å². The van der Waals surface area contributed by atoms with Crippen molar-refractivity contribution in [3.05, 3.63) is 60.2 Å². The fraction of sp³-hybridized carbons (Fsp3) is 0.167. The van der Waals surface area contributed by atoms with Crippen LogP contribution in [0.4, 0.5) is 0 Å². The van der Waals surface area contributed by atoms with E-state index in [2.05, 4.69) is 42.8 Å². The van der Waals surface area contributed by atoms with Gasteiger partial charge in [-0.05, 0) is 38.5 Å². The molecular formula is C18H17OS+. The molecule has 0 amide bonds. The van der Waals surface area contributed by atoms with Crippen molar-refractivity contribution in [3.63, 3.8) is 0 Å². The zero-order valence-electron chi connectivity index (χ0n) is 11.7. The molecule has 100 valence electrons. The van der Waals surface area contributed by atoms with Crippen LogP contribution in [0.25, 0.3) is 21.5 Å². The predicted octanol–water partition coefficient (Wildman–Crippen LogP) is 4.05. The van der Waals surface area contributed by atoms with Gasteiger partial charge >= 0.3 is 0 Å². The van der Waals surface area contributed by atoms with E-state index in [0.717, 1.165) is 27.1 Å². The largest absolute Gasteiger partial charge is 0.289 e. The maximum Gasteiger partial charge on any atom is 0.213 e. The minimum absolute atomic E-state index is 0.118. The molecule has 0 aliphatic heterocycles. The van der Waals surface area contributed by atoms with Gasteiger partial charge in [0.1, 0.15) is 0 Å². The number of Topliss-reactive ketones (excluding diaryl/α,β-unsaturated/α-hetero) is 1. The van der Waals surface area contributed by atoms with Crippen LogP contribution in [0, 0.1) is 0 Å². The minimum atomic E-state index is 0.118. The van der Waals surface area contributed by atoms with Crippen LogP contribution in [0.15, 0.2) is 54.6 Å². The Morgan fingerprint density at radius 1 is 0.900 bits per heavy atom. The molecule has 0 saturated carbocycles. The summed E-state index contributed by atoms with van der Waals surface area (Å²) < 4.78 is 0. The molecule has 2 heteroatoms. The number of hydrogen-bond donors (Lipinski definition) is 0. The first-order chi connectivity index (χ1) is 9.66. The van der Waals surface area contributed by atoms with Crippen molar-refractivity contribution in [2.45, 2.75) is 0 Å². The summed E-state index contributed by atoms with van der Waals surface area (Å²) in [5.74, 6) is 0.879. The van der Waals surface area contributed by atoms with E-state index in [-0.39, 0.29) is 16.7 Å². The molecule has 1 nitrogen and oxygen atoms in total. The Morgan fingerprint density at radius 2 is 1.40 bits per heavy atom. The summed E-state index contributed by atoms with van der Waals surface area (Å²) in [6, 6.07) is 18.5. The predicted molar refractivity (Wildman–Crippen MR) is 89.9 cm³/mol. The molecule has 0 heterocycles. The van der Waals surface area contributed by atoms with Crippen LogP contribution in [0.3, 0.4) is 0 Å². The van der Waals surface area contributed by atoms with Gasteiger partial charge in [0.05, 0.1) is 12.5 Å². The second-order valence-electron chi connectivity index (χ2n) is 5.25. The third kappa shape index (κ3) is 2.32. The van der Waals surface area contributed by atoms with Crippen molar-refractivity contribution < 1.29 is 4.79 Å². The van der Waals surface area contributed by atoms with Gasteiger partial charge in [0, 0.05) is 5.56 Å². The summed E-state index contributed by atoms with van der Waals surface area (Å²) in [5.41, 5.74) is 0.889. The maximum atomic E-state index is 12.7. The molecule has 20 heavy (non-hydrogen) atoms. The van der Waals surface area contributed by atoms with Gasteiger partial charge in [-0.3, -0.25) is 4.79 Å². The number of hydrogen-bond acceptors (Lipinski definition) is 1. The molecule has 0 radical (unpaired) electrons. The maximum absolute atomic E-state index is 12.7. The molecular weight excluding hydrogens is 264 g/mol. The molecule has 0 N–H and O–H groups in total. The molecule has 0 atom stereocenters. The summed E-state index contributed by atoms with van der Waals surface area (Å²) >= 11 is 0. The highest BCUT2D eigenvalue weighted by Crippen LogP contribution is 2.29. The fourth-order valence-corrected chi connectivity index (χ4v) is 3.32. The van der Waals surface area contributed by atoms with Gasteiger partial charge < -0.3 is 0 Å². The van der Waals surface area contributed by atoms with E-state index in [1.807, 2.05) is 24.3 Å². The lowest BCUT2D eigenvalue weighted by atomic mass is 9.95. The van der Waals surface area contributed by atoms with Crippen LogP contribution in [0.5, 0.6) is 0 Å². The normalized spacial score (nSPS) is 11.3.